The number of aliphatic hydroxyl groups is 1. The fourth-order valence-electron chi connectivity index (χ4n) is 4.36. The normalized spacial score (nSPS) is 28.8. The molecule has 0 bridgehead atoms. The number of rotatable bonds is 3. The van der Waals surface area contributed by atoms with Crippen LogP contribution >= 0.6 is 0 Å². The number of aromatic amines is 1. The zero-order valence-corrected chi connectivity index (χ0v) is 14.2. The maximum atomic E-state index is 10.4. The van der Waals surface area contributed by atoms with Crippen LogP contribution in [0.5, 0.6) is 0 Å². The van der Waals surface area contributed by atoms with Crippen LogP contribution in [0.25, 0.3) is 11.3 Å². The molecule has 2 aliphatic rings. The summed E-state index contributed by atoms with van der Waals surface area (Å²) in [4.78, 5) is 10.7. The van der Waals surface area contributed by atoms with Crippen LogP contribution in [0.4, 0.5) is 0 Å². The first-order valence-corrected chi connectivity index (χ1v) is 9.34. The largest absolute Gasteiger partial charge is 0.391 e. The second kappa shape index (κ2) is 7.08. The molecular weight excluding hydrogens is 298 g/mol. The second-order valence-corrected chi connectivity index (χ2v) is 7.30. The number of imidazole rings is 1. The van der Waals surface area contributed by atoms with E-state index in [2.05, 4.69) is 39.1 Å². The van der Waals surface area contributed by atoms with Crippen molar-refractivity contribution < 1.29 is 5.11 Å². The van der Waals surface area contributed by atoms with Crippen LogP contribution < -0.4 is 0 Å². The van der Waals surface area contributed by atoms with E-state index >= 15 is 0 Å². The molecule has 1 aliphatic heterocycles. The fraction of sp³-hybridized carbons (Fsp3) is 0.550. The van der Waals surface area contributed by atoms with E-state index in [1.165, 1.54) is 31.2 Å². The van der Waals surface area contributed by atoms with Gasteiger partial charge in [0.05, 0.1) is 18.0 Å². The highest BCUT2D eigenvalue weighted by molar-refractivity contribution is 5.58. The Balaban J connectivity index is 1.47. The minimum absolute atomic E-state index is 0.144. The van der Waals surface area contributed by atoms with Crippen molar-refractivity contribution in [2.45, 2.75) is 56.6 Å². The minimum atomic E-state index is -0.144. The number of nitrogens with one attached hydrogen (secondary N) is 1. The maximum Gasteiger partial charge on any atom is 0.110 e. The van der Waals surface area contributed by atoms with Crippen molar-refractivity contribution in [1.29, 1.82) is 0 Å². The summed E-state index contributed by atoms with van der Waals surface area (Å²) >= 11 is 0. The topological polar surface area (TPSA) is 52.1 Å². The molecule has 24 heavy (non-hydrogen) atoms. The standard InChI is InChI=1S/C20H27N3O/c24-19-11-5-4-10-18(19)23-12-6-9-16(14-23)20-21-13-17(22-20)15-7-2-1-3-8-15/h1-3,7-8,13,16,18-19,24H,4-6,9-12,14H2,(H,21,22). The average molecular weight is 325 g/mol. The Morgan fingerprint density at radius 3 is 2.71 bits per heavy atom. The molecule has 4 rings (SSSR count). The van der Waals surface area contributed by atoms with E-state index in [0.717, 1.165) is 37.4 Å². The Labute approximate surface area is 143 Å². The third-order valence-corrected chi connectivity index (χ3v) is 5.68. The van der Waals surface area contributed by atoms with Gasteiger partial charge in [-0.25, -0.2) is 4.98 Å². The SMILES string of the molecule is OC1CCCCC1N1CCCC(c2ncc(-c3ccccc3)[nH]2)C1. The number of aliphatic hydroxyl groups excluding tert-OH is 1. The Morgan fingerprint density at radius 2 is 1.88 bits per heavy atom. The smallest absolute Gasteiger partial charge is 0.110 e. The zero-order chi connectivity index (χ0) is 16.4. The lowest BCUT2D eigenvalue weighted by atomic mass is 9.88. The van der Waals surface area contributed by atoms with Gasteiger partial charge in [0.2, 0.25) is 0 Å². The molecule has 1 aromatic heterocycles. The Bertz CT molecular complexity index is 654. The van der Waals surface area contributed by atoms with Gasteiger partial charge in [0, 0.05) is 18.5 Å². The van der Waals surface area contributed by atoms with Crippen LogP contribution in [0.3, 0.4) is 0 Å². The van der Waals surface area contributed by atoms with Gasteiger partial charge in [-0.05, 0) is 37.8 Å². The van der Waals surface area contributed by atoms with Gasteiger partial charge in [0.1, 0.15) is 5.82 Å². The monoisotopic (exact) mass is 325 g/mol. The van der Waals surface area contributed by atoms with Crippen molar-refractivity contribution in [2.75, 3.05) is 13.1 Å². The molecule has 1 saturated heterocycles. The maximum absolute atomic E-state index is 10.4. The number of likely N-dealkylation sites (tertiary alicyclic amines) is 1. The number of hydrogen-bond acceptors (Lipinski definition) is 3. The summed E-state index contributed by atoms with van der Waals surface area (Å²) < 4.78 is 0. The molecule has 3 atom stereocenters. The Kier molecular flexibility index (Phi) is 4.67. The van der Waals surface area contributed by atoms with Crippen LogP contribution in [-0.4, -0.2) is 45.2 Å². The van der Waals surface area contributed by atoms with Crippen LogP contribution in [0, 0.1) is 0 Å². The molecule has 1 saturated carbocycles. The Morgan fingerprint density at radius 1 is 1.04 bits per heavy atom. The van der Waals surface area contributed by atoms with E-state index in [9.17, 15) is 5.11 Å². The van der Waals surface area contributed by atoms with E-state index in [4.69, 9.17) is 0 Å². The van der Waals surface area contributed by atoms with Gasteiger partial charge in [-0.2, -0.15) is 0 Å². The van der Waals surface area contributed by atoms with E-state index in [1.54, 1.807) is 0 Å². The summed E-state index contributed by atoms with van der Waals surface area (Å²) in [6, 6.07) is 10.7. The molecular formula is C20H27N3O. The van der Waals surface area contributed by atoms with Gasteiger partial charge in [-0.15, -0.1) is 0 Å². The van der Waals surface area contributed by atoms with Gasteiger partial charge in [0.15, 0.2) is 0 Å². The van der Waals surface area contributed by atoms with Crippen molar-refractivity contribution >= 4 is 0 Å². The highest BCUT2D eigenvalue weighted by Gasteiger charge is 2.33. The predicted molar refractivity (Wildman–Crippen MR) is 95.8 cm³/mol. The summed E-state index contributed by atoms with van der Waals surface area (Å²) in [6.07, 6.45) is 8.71. The van der Waals surface area contributed by atoms with Crippen molar-refractivity contribution in [1.82, 2.24) is 14.9 Å². The molecule has 4 heteroatoms. The zero-order valence-electron chi connectivity index (χ0n) is 14.2. The van der Waals surface area contributed by atoms with Crippen LogP contribution in [0.2, 0.25) is 0 Å². The first-order chi connectivity index (χ1) is 11.8. The van der Waals surface area contributed by atoms with E-state index < -0.39 is 0 Å². The lowest BCUT2D eigenvalue weighted by Gasteiger charge is -2.41. The molecule has 4 nitrogen and oxygen atoms in total. The predicted octanol–water partition coefficient (Wildman–Crippen LogP) is 3.56. The first kappa shape index (κ1) is 15.9. The van der Waals surface area contributed by atoms with Crippen LogP contribution in [-0.2, 0) is 0 Å². The van der Waals surface area contributed by atoms with E-state index in [0.29, 0.717) is 12.0 Å². The summed E-state index contributed by atoms with van der Waals surface area (Å²) in [5.41, 5.74) is 2.28. The van der Waals surface area contributed by atoms with Crippen molar-refractivity contribution in [3.8, 4) is 11.3 Å². The van der Waals surface area contributed by atoms with Gasteiger partial charge in [-0.1, -0.05) is 43.2 Å². The lowest BCUT2D eigenvalue weighted by molar-refractivity contribution is 0.00679. The van der Waals surface area contributed by atoms with E-state index in [1.807, 2.05) is 12.3 Å². The number of benzene rings is 1. The molecule has 3 unspecified atom stereocenters. The highest BCUT2D eigenvalue weighted by Crippen LogP contribution is 2.31. The molecule has 2 fully saturated rings. The van der Waals surface area contributed by atoms with Crippen molar-refractivity contribution in [3.63, 3.8) is 0 Å². The molecule has 2 N–H and O–H groups in total. The molecule has 0 radical (unpaired) electrons. The number of H-pyrrole nitrogens is 1. The highest BCUT2D eigenvalue weighted by atomic mass is 16.3. The molecule has 1 aromatic carbocycles. The molecule has 0 spiro atoms. The molecule has 1 aliphatic carbocycles. The number of hydrogen-bond donors (Lipinski definition) is 2. The van der Waals surface area contributed by atoms with Crippen LogP contribution in [0.15, 0.2) is 36.5 Å². The van der Waals surface area contributed by atoms with Gasteiger partial charge < -0.3 is 10.1 Å². The molecule has 0 amide bonds. The molecule has 2 aromatic rings. The summed E-state index contributed by atoms with van der Waals surface area (Å²) in [5.74, 6) is 1.55. The molecule has 128 valence electrons. The number of aromatic nitrogens is 2. The fourth-order valence-corrected chi connectivity index (χ4v) is 4.36. The van der Waals surface area contributed by atoms with E-state index in [-0.39, 0.29) is 6.10 Å². The van der Waals surface area contributed by atoms with Crippen molar-refractivity contribution in [2.24, 2.45) is 0 Å². The van der Waals surface area contributed by atoms with Gasteiger partial charge in [0.25, 0.3) is 0 Å². The number of piperidine rings is 1. The summed E-state index contributed by atoms with van der Waals surface area (Å²) in [5, 5.41) is 10.4. The van der Waals surface area contributed by atoms with Gasteiger partial charge in [-0.3, -0.25) is 4.90 Å². The number of nitrogens with zero attached hydrogens (tertiary/aromatic N) is 2. The van der Waals surface area contributed by atoms with Gasteiger partial charge >= 0.3 is 0 Å². The quantitative estimate of drug-likeness (QED) is 0.907. The Hall–Kier alpha value is -1.65. The second-order valence-electron chi connectivity index (χ2n) is 7.30. The first-order valence-electron chi connectivity index (χ1n) is 9.34. The lowest BCUT2D eigenvalue weighted by Crippen LogP contribution is -2.49. The average Bonchev–Trinajstić information content (AvgIpc) is 3.13. The van der Waals surface area contributed by atoms with Crippen LogP contribution in [0.1, 0.15) is 50.3 Å². The third kappa shape index (κ3) is 3.26. The third-order valence-electron chi connectivity index (χ3n) is 5.68. The molecule has 2 heterocycles. The van der Waals surface area contributed by atoms with Crippen molar-refractivity contribution in [3.05, 3.63) is 42.4 Å². The minimum Gasteiger partial charge on any atom is -0.391 e. The summed E-state index contributed by atoms with van der Waals surface area (Å²) in [7, 11) is 0. The summed E-state index contributed by atoms with van der Waals surface area (Å²) in [6.45, 7) is 2.13.